The van der Waals surface area contributed by atoms with Gasteiger partial charge in [-0.3, -0.25) is 10.1 Å². The molecular weight excluding hydrogens is 250 g/mol. The molecule has 1 atom stereocenters. The SMILES string of the molecule is COC(=O)C(CC(C)C)NCc1ccc(C(=O)O)o1. The third-order valence-corrected chi connectivity index (χ3v) is 2.59. The maximum atomic E-state index is 11.6. The van der Waals surface area contributed by atoms with Gasteiger partial charge >= 0.3 is 11.9 Å². The third-order valence-electron chi connectivity index (χ3n) is 2.59. The van der Waals surface area contributed by atoms with Gasteiger partial charge < -0.3 is 14.3 Å². The topological polar surface area (TPSA) is 88.8 Å². The highest BCUT2D eigenvalue weighted by Gasteiger charge is 2.20. The van der Waals surface area contributed by atoms with E-state index in [1.165, 1.54) is 13.2 Å². The van der Waals surface area contributed by atoms with Crippen molar-refractivity contribution >= 4 is 11.9 Å². The van der Waals surface area contributed by atoms with Gasteiger partial charge in [0.15, 0.2) is 0 Å². The summed E-state index contributed by atoms with van der Waals surface area (Å²) >= 11 is 0. The van der Waals surface area contributed by atoms with E-state index in [4.69, 9.17) is 14.3 Å². The standard InChI is InChI=1S/C13H19NO5/c1-8(2)6-10(13(17)18-3)14-7-9-4-5-11(19-9)12(15)16/h4-5,8,10,14H,6-7H2,1-3H3,(H,15,16). The van der Waals surface area contributed by atoms with Gasteiger partial charge in [0.05, 0.1) is 13.7 Å². The van der Waals surface area contributed by atoms with Gasteiger partial charge in [0, 0.05) is 0 Å². The zero-order valence-corrected chi connectivity index (χ0v) is 11.3. The fourth-order valence-corrected chi connectivity index (χ4v) is 1.69. The lowest BCUT2D eigenvalue weighted by molar-refractivity contribution is -0.143. The van der Waals surface area contributed by atoms with Crippen LogP contribution < -0.4 is 5.32 Å². The molecule has 6 nitrogen and oxygen atoms in total. The first-order valence-corrected chi connectivity index (χ1v) is 6.07. The number of aromatic carboxylic acids is 1. The molecule has 0 aliphatic heterocycles. The zero-order chi connectivity index (χ0) is 14.4. The van der Waals surface area contributed by atoms with E-state index in [0.29, 0.717) is 18.1 Å². The lowest BCUT2D eigenvalue weighted by Crippen LogP contribution is -2.38. The van der Waals surface area contributed by atoms with Crippen molar-refractivity contribution in [1.82, 2.24) is 5.32 Å². The van der Waals surface area contributed by atoms with Crippen molar-refractivity contribution in [1.29, 1.82) is 0 Å². The molecule has 1 aromatic heterocycles. The smallest absolute Gasteiger partial charge is 0.371 e. The average Bonchev–Trinajstić information content (AvgIpc) is 2.82. The van der Waals surface area contributed by atoms with Crippen molar-refractivity contribution in [2.24, 2.45) is 5.92 Å². The molecule has 0 spiro atoms. The maximum absolute atomic E-state index is 11.6. The molecule has 106 valence electrons. The van der Waals surface area contributed by atoms with Gasteiger partial charge in [0.1, 0.15) is 11.8 Å². The molecule has 2 N–H and O–H groups in total. The van der Waals surface area contributed by atoms with Crippen molar-refractivity contribution in [2.45, 2.75) is 32.9 Å². The normalized spacial score (nSPS) is 12.4. The van der Waals surface area contributed by atoms with Gasteiger partial charge in [-0.15, -0.1) is 0 Å². The van der Waals surface area contributed by atoms with Crippen LogP contribution in [0, 0.1) is 5.92 Å². The van der Waals surface area contributed by atoms with Crippen molar-refractivity contribution in [3.63, 3.8) is 0 Å². The van der Waals surface area contributed by atoms with Gasteiger partial charge in [-0.2, -0.15) is 0 Å². The maximum Gasteiger partial charge on any atom is 0.371 e. The van der Waals surface area contributed by atoms with Crippen LogP contribution in [0.25, 0.3) is 0 Å². The molecule has 0 radical (unpaired) electrons. The lowest BCUT2D eigenvalue weighted by Gasteiger charge is -2.17. The number of hydrogen-bond donors (Lipinski definition) is 2. The highest BCUT2D eigenvalue weighted by molar-refractivity contribution is 5.84. The monoisotopic (exact) mass is 269 g/mol. The van der Waals surface area contributed by atoms with Crippen LogP contribution in [0.15, 0.2) is 16.5 Å². The number of esters is 1. The van der Waals surface area contributed by atoms with Gasteiger partial charge in [0.2, 0.25) is 5.76 Å². The van der Waals surface area contributed by atoms with Crippen molar-refractivity contribution in [2.75, 3.05) is 7.11 Å². The largest absolute Gasteiger partial charge is 0.475 e. The second kappa shape index (κ2) is 6.94. The summed E-state index contributed by atoms with van der Waals surface area (Å²) in [6, 6.07) is 2.53. The molecule has 1 rings (SSSR count). The Balaban J connectivity index is 2.59. The Morgan fingerprint density at radius 2 is 2.11 bits per heavy atom. The Hall–Kier alpha value is -1.82. The molecule has 0 saturated heterocycles. The minimum atomic E-state index is -1.11. The summed E-state index contributed by atoms with van der Waals surface area (Å²) in [7, 11) is 1.34. The molecule has 6 heteroatoms. The fraction of sp³-hybridized carbons (Fsp3) is 0.538. The number of furan rings is 1. The van der Waals surface area contributed by atoms with Gasteiger partial charge in [-0.05, 0) is 24.5 Å². The Bertz CT molecular complexity index is 438. The van der Waals surface area contributed by atoms with E-state index < -0.39 is 12.0 Å². The predicted octanol–water partition coefficient (Wildman–Crippen LogP) is 1.66. The number of ether oxygens (including phenoxy) is 1. The van der Waals surface area contributed by atoms with Crippen molar-refractivity contribution in [3.05, 3.63) is 23.7 Å². The summed E-state index contributed by atoms with van der Waals surface area (Å²) in [5.74, 6) is -0.759. The van der Waals surface area contributed by atoms with Crippen LogP contribution in [-0.4, -0.2) is 30.2 Å². The van der Waals surface area contributed by atoms with E-state index in [0.717, 1.165) is 0 Å². The fourth-order valence-electron chi connectivity index (χ4n) is 1.69. The first-order chi connectivity index (χ1) is 8.93. The van der Waals surface area contributed by atoms with Crippen LogP contribution in [0.3, 0.4) is 0 Å². The van der Waals surface area contributed by atoms with E-state index >= 15 is 0 Å². The molecule has 0 fully saturated rings. The lowest BCUT2D eigenvalue weighted by atomic mass is 10.0. The van der Waals surface area contributed by atoms with Crippen LogP contribution in [0.4, 0.5) is 0 Å². The second-order valence-corrected chi connectivity index (χ2v) is 4.66. The number of carbonyl (C=O) groups excluding carboxylic acids is 1. The first-order valence-electron chi connectivity index (χ1n) is 6.07. The number of carboxylic acids is 1. The van der Waals surface area contributed by atoms with E-state index in [1.807, 2.05) is 13.8 Å². The van der Waals surface area contributed by atoms with Crippen LogP contribution >= 0.6 is 0 Å². The number of carboxylic acid groups (broad SMARTS) is 1. The Labute approximate surface area is 111 Å². The third kappa shape index (κ3) is 4.75. The molecule has 0 amide bonds. The number of methoxy groups -OCH3 is 1. The minimum absolute atomic E-state index is 0.115. The summed E-state index contributed by atoms with van der Waals surface area (Å²) in [5.41, 5.74) is 0. The Morgan fingerprint density at radius 3 is 2.58 bits per heavy atom. The van der Waals surface area contributed by atoms with Gasteiger partial charge in [0.25, 0.3) is 0 Å². The molecule has 19 heavy (non-hydrogen) atoms. The summed E-state index contributed by atoms with van der Waals surface area (Å²) in [6.45, 7) is 4.29. The molecule has 1 aromatic rings. The van der Waals surface area contributed by atoms with Crippen LogP contribution in [0.2, 0.25) is 0 Å². The minimum Gasteiger partial charge on any atom is -0.475 e. The van der Waals surface area contributed by atoms with E-state index in [-0.39, 0.29) is 18.3 Å². The average molecular weight is 269 g/mol. The van der Waals surface area contributed by atoms with E-state index in [1.54, 1.807) is 6.07 Å². The summed E-state index contributed by atoms with van der Waals surface area (Å²) < 4.78 is 9.82. The van der Waals surface area contributed by atoms with E-state index in [9.17, 15) is 9.59 Å². The zero-order valence-electron chi connectivity index (χ0n) is 11.3. The summed E-state index contributed by atoms with van der Waals surface area (Å²) in [5, 5.41) is 11.7. The number of rotatable bonds is 7. The van der Waals surface area contributed by atoms with Crippen LogP contribution in [0.1, 0.15) is 36.6 Å². The molecule has 0 saturated carbocycles. The van der Waals surface area contributed by atoms with Crippen LogP contribution in [0.5, 0.6) is 0 Å². The van der Waals surface area contributed by atoms with Crippen molar-refractivity contribution in [3.8, 4) is 0 Å². The number of nitrogens with one attached hydrogen (secondary N) is 1. The summed E-state index contributed by atoms with van der Waals surface area (Å²) in [4.78, 5) is 22.2. The Morgan fingerprint density at radius 1 is 1.42 bits per heavy atom. The predicted molar refractivity (Wildman–Crippen MR) is 67.8 cm³/mol. The molecule has 0 aliphatic rings. The van der Waals surface area contributed by atoms with E-state index in [2.05, 4.69) is 5.32 Å². The summed E-state index contributed by atoms with van der Waals surface area (Å²) in [6.07, 6.45) is 0.638. The molecule has 0 aromatic carbocycles. The van der Waals surface area contributed by atoms with Crippen molar-refractivity contribution < 1.29 is 23.8 Å². The molecular formula is C13H19NO5. The molecule has 0 bridgehead atoms. The second-order valence-electron chi connectivity index (χ2n) is 4.66. The highest BCUT2D eigenvalue weighted by atomic mass is 16.5. The quantitative estimate of drug-likeness (QED) is 0.732. The number of hydrogen-bond acceptors (Lipinski definition) is 5. The first kappa shape index (κ1) is 15.2. The number of carbonyl (C=O) groups is 2. The van der Waals surface area contributed by atoms with Gasteiger partial charge in [-0.1, -0.05) is 13.8 Å². The Kier molecular flexibility index (Phi) is 5.57. The molecule has 1 heterocycles. The van der Waals surface area contributed by atoms with Gasteiger partial charge in [-0.25, -0.2) is 4.79 Å². The van der Waals surface area contributed by atoms with Crippen LogP contribution in [-0.2, 0) is 16.1 Å². The molecule has 1 unspecified atom stereocenters. The molecule has 0 aliphatic carbocycles. The highest BCUT2D eigenvalue weighted by Crippen LogP contribution is 2.10.